The molecule has 0 radical (unpaired) electrons. The van der Waals surface area contributed by atoms with Crippen LogP contribution in [0.2, 0.25) is 0 Å². The normalized spacial score (nSPS) is 22.2. The Bertz CT molecular complexity index is 594. The second-order valence-electron chi connectivity index (χ2n) is 5.51. The molecule has 2 atom stereocenters. The third kappa shape index (κ3) is 3.16. The molecule has 1 saturated heterocycles. The summed E-state index contributed by atoms with van der Waals surface area (Å²) in [7, 11) is 0. The molecule has 1 aliphatic heterocycles. The molecule has 110 valence electrons. The zero-order valence-corrected chi connectivity index (χ0v) is 12.3. The number of ether oxygens (including phenoxy) is 1. The summed E-state index contributed by atoms with van der Waals surface area (Å²) in [4.78, 5) is 0. The number of aliphatic hydroxyl groups is 1. The highest BCUT2D eigenvalue weighted by atomic mass is 16.5. The van der Waals surface area contributed by atoms with Crippen molar-refractivity contribution >= 4 is 0 Å². The number of hydrogen-bond acceptors (Lipinski definition) is 3. The van der Waals surface area contributed by atoms with Crippen molar-refractivity contribution in [3.05, 3.63) is 59.7 Å². The minimum atomic E-state index is 0.0744. The van der Waals surface area contributed by atoms with Crippen molar-refractivity contribution in [2.75, 3.05) is 13.2 Å². The molecule has 2 aromatic rings. The van der Waals surface area contributed by atoms with Crippen molar-refractivity contribution in [2.24, 2.45) is 0 Å². The maximum Gasteiger partial charge on any atom is 0.0975 e. The quantitative estimate of drug-likeness (QED) is 0.910. The Hall–Kier alpha value is -1.68. The first-order valence-corrected chi connectivity index (χ1v) is 7.43. The zero-order chi connectivity index (χ0) is 14.7. The topological polar surface area (TPSA) is 41.5 Å². The monoisotopic (exact) mass is 283 g/mol. The predicted molar refractivity (Wildman–Crippen MR) is 84.0 cm³/mol. The lowest BCUT2D eigenvalue weighted by molar-refractivity contribution is -0.000215. The molecule has 1 heterocycles. The number of nitrogens with one attached hydrogen (secondary N) is 1. The van der Waals surface area contributed by atoms with Crippen molar-refractivity contribution < 1.29 is 9.84 Å². The van der Waals surface area contributed by atoms with Crippen LogP contribution in [0, 0.1) is 0 Å². The first-order valence-electron chi connectivity index (χ1n) is 7.43. The molecule has 0 bridgehead atoms. The van der Waals surface area contributed by atoms with E-state index < -0.39 is 0 Å². The van der Waals surface area contributed by atoms with E-state index in [2.05, 4.69) is 42.6 Å². The average Bonchev–Trinajstić information content (AvgIpc) is 2.56. The third-order valence-corrected chi connectivity index (χ3v) is 4.00. The van der Waals surface area contributed by atoms with Gasteiger partial charge in [-0.2, -0.15) is 0 Å². The molecule has 0 saturated carbocycles. The molecule has 0 aliphatic carbocycles. The summed E-state index contributed by atoms with van der Waals surface area (Å²) in [5.41, 5.74) is 4.43. The van der Waals surface area contributed by atoms with Gasteiger partial charge in [0.25, 0.3) is 0 Å². The van der Waals surface area contributed by atoms with Crippen LogP contribution in [0.15, 0.2) is 48.5 Å². The molecule has 3 rings (SSSR count). The van der Waals surface area contributed by atoms with Gasteiger partial charge in [-0.25, -0.2) is 0 Å². The molecule has 0 unspecified atom stereocenters. The standard InChI is InChI=1S/C18H21NO2/c1-13-18(21-10-9-19-13)16-7-5-15(6-8-16)17-4-2-3-14(11-17)12-20/h2-8,11,13,18-20H,9-10,12H2,1H3/t13-,18+/m0/s1. The van der Waals surface area contributed by atoms with E-state index in [-0.39, 0.29) is 12.7 Å². The maximum absolute atomic E-state index is 9.23. The first kappa shape index (κ1) is 14.3. The molecule has 3 heteroatoms. The Labute approximate surface area is 125 Å². The van der Waals surface area contributed by atoms with Gasteiger partial charge in [0.2, 0.25) is 0 Å². The van der Waals surface area contributed by atoms with Crippen molar-refractivity contribution in [1.82, 2.24) is 5.32 Å². The van der Waals surface area contributed by atoms with Crippen LogP contribution in [0.3, 0.4) is 0 Å². The highest BCUT2D eigenvalue weighted by molar-refractivity contribution is 5.64. The lowest BCUT2D eigenvalue weighted by Crippen LogP contribution is -2.41. The molecule has 0 aromatic heterocycles. The van der Waals surface area contributed by atoms with E-state index in [1.807, 2.05) is 18.2 Å². The molecule has 1 fully saturated rings. The van der Waals surface area contributed by atoms with Crippen LogP contribution in [0.25, 0.3) is 11.1 Å². The van der Waals surface area contributed by atoms with Crippen LogP contribution in [-0.2, 0) is 11.3 Å². The van der Waals surface area contributed by atoms with Gasteiger partial charge in [-0.15, -0.1) is 0 Å². The van der Waals surface area contributed by atoms with E-state index in [1.165, 1.54) is 5.56 Å². The molecule has 1 aliphatic rings. The van der Waals surface area contributed by atoms with Gasteiger partial charge < -0.3 is 15.2 Å². The summed E-state index contributed by atoms with van der Waals surface area (Å²) in [5.74, 6) is 0. The smallest absolute Gasteiger partial charge is 0.0975 e. The lowest BCUT2D eigenvalue weighted by Gasteiger charge is -2.30. The summed E-state index contributed by atoms with van der Waals surface area (Å²) >= 11 is 0. The minimum Gasteiger partial charge on any atom is -0.392 e. The van der Waals surface area contributed by atoms with E-state index in [1.54, 1.807) is 0 Å². The molecule has 2 N–H and O–H groups in total. The average molecular weight is 283 g/mol. The van der Waals surface area contributed by atoms with E-state index >= 15 is 0 Å². The van der Waals surface area contributed by atoms with Crippen LogP contribution in [-0.4, -0.2) is 24.3 Å². The van der Waals surface area contributed by atoms with Gasteiger partial charge in [-0.3, -0.25) is 0 Å². The van der Waals surface area contributed by atoms with Gasteiger partial charge in [-0.05, 0) is 35.2 Å². The highest BCUT2D eigenvalue weighted by Crippen LogP contribution is 2.27. The molecular weight excluding hydrogens is 262 g/mol. The number of hydrogen-bond donors (Lipinski definition) is 2. The Balaban J connectivity index is 1.83. The third-order valence-electron chi connectivity index (χ3n) is 4.00. The summed E-state index contributed by atoms with van der Waals surface area (Å²) < 4.78 is 5.86. The number of aliphatic hydroxyl groups excluding tert-OH is 1. The lowest BCUT2D eigenvalue weighted by atomic mass is 9.97. The molecule has 2 aromatic carbocycles. The second kappa shape index (κ2) is 6.39. The van der Waals surface area contributed by atoms with E-state index in [0.717, 1.165) is 29.8 Å². The first-order chi connectivity index (χ1) is 10.3. The van der Waals surface area contributed by atoms with Crippen LogP contribution in [0.4, 0.5) is 0 Å². The van der Waals surface area contributed by atoms with Crippen LogP contribution < -0.4 is 5.32 Å². The van der Waals surface area contributed by atoms with Crippen molar-refractivity contribution in [2.45, 2.75) is 25.7 Å². The molecule has 0 amide bonds. The zero-order valence-electron chi connectivity index (χ0n) is 12.3. The van der Waals surface area contributed by atoms with E-state index in [0.29, 0.717) is 6.04 Å². The van der Waals surface area contributed by atoms with Gasteiger partial charge in [0.05, 0.1) is 19.3 Å². The summed E-state index contributed by atoms with van der Waals surface area (Å²) in [5, 5.41) is 12.7. The van der Waals surface area contributed by atoms with Crippen molar-refractivity contribution in [3.8, 4) is 11.1 Å². The highest BCUT2D eigenvalue weighted by Gasteiger charge is 2.22. The second-order valence-corrected chi connectivity index (χ2v) is 5.51. The minimum absolute atomic E-state index is 0.0744. The van der Waals surface area contributed by atoms with Gasteiger partial charge >= 0.3 is 0 Å². The number of rotatable bonds is 3. The Kier molecular flexibility index (Phi) is 4.34. The Morgan fingerprint density at radius 1 is 1.14 bits per heavy atom. The Morgan fingerprint density at radius 2 is 1.95 bits per heavy atom. The fourth-order valence-corrected chi connectivity index (χ4v) is 2.82. The summed E-state index contributed by atoms with van der Waals surface area (Å²) in [6.45, 7) is 3.91. The number of morpholine rings is 1. The summed E-state index contributed by atoms with van der Waals surface area (Å²) in [6.07, 6.45) is 0.122. The van der Waals surface area contributed by atoms with Gasteiger partial charge in [-0.1, -0.05) is 42.5 Å². The largest absolute Gasteiger partial charge is 0.392 e. The molecule has 21 heavy (non-hydrogen) atoms. The Morgan fingerprint density at radius 3 is 2.67 bits per heavy atom. The molecular formula is C18H21NO2. The fourth-order valence-electron chi connectivity index (χ4n) is 2.82. The fraction of sp³-hybridized carbons (Fsp3) is 0.333. The maximum atomic E-state index is 9.23. The SMILES string of the molecule is C[C@@H]1NCCO[C@H]1c1ccc(-c2cccc(CO)c2)cc1. The number of benzene rings is 2. The molecule has 0 spiro atoms. The van der Waals surface area contributed by atoms with Gasteiger partial charge in [0, 0.05) is 12.6 Å². The van der Waals surface area contributed by atoms with E-state index in [4.69, 9.17) is 4.74 Å². The van der Waals surface area contributed by atoms with Gasteiger partial charge in [0.15, 0.2) is 0 Å². The van der Waals surface area contributed by atoms with Crippen LogP contribution in [0.1, 0.15) is 24.2 Å². The van der Waals surface area contributed by atoms with Crippen molar-refractivity contribution in [3.63, 3.8) is 0 Å². The van der Waals surface area contributed by atoms with Gasteiger partial charge in [0.1, 0.15) is 0 Å². The van der Waals surface area contributed by atoms with Crippen molar-refractivity contribution in [1.29, 1.82) is 0 Å². The predicted octanol–water partition coefficient (Wildman–Crippen LogP) is 2.90. The van der Waals surface area contributed by atoms with Crippen LogP contribution >= 0.6 is 0 Å². The van der Waals surface area contributed by atoms with Crippen LogP contribution in [0.5, 0.6) is 0 Å². The van der Waals surface area contributed by atoms with E-state index in [9.17, 15) is 5.11 Å². The summed E-state index contributed by atoms with van der Waals surface area (Å²) in [6, 6.07) is 16.8. The molecule has 3 nitrogen and oxygen atoms in total.